The molecule has 0 spiro atoms. The average molecular weight is 266 g/mol. The highest BCUT2D eigenvalue weighted by molar-refractivity contribution is 6.30. The van der Waals surface area contributed by atoms with Gasteiger partial charge in [-0.2, -0.15) is 0 Å². The van der Waals surface area contributed by atoms with Gasteiger partial charge in [0.05, 0.1) is 0 Å². The number of nitrogens with one attached hydrogen (secondary N) is 1. The third-order valence-electron chi connectivity index (χ3n) is 3.88. The highest BCUT2D eigenvalue weighted by Crippen LogP contribution is 2.37. The first-order valence-electron chi connectivity index (χ1n) is 6.69. The molecule has 0 aliphatic carbocycles. The normalized spacial score (nSPS) is 18.6. The Kier molecular flexibility index (Phi) is 4.41. The Labute approximate surface area is 114 Å². The van der Waals surface area contributed by atoms with Gasteiger partial charge in [-0.25, -0.2) is 0 Å². The number of hydrogen-bond acceptors (Lipinski definition) is 2. The van der Waals surface area contributed by atoms with Crippen LogP contribution in [-0.2, 0) is 0 Å². The second kappa shape index (κ2) is 5.85. The molecule has 1 fully saturated rings. The summed E-state index contributed by atoms with van der Waals surface area (Å²) >= 11 is 5.88. The van der Waals surface area contributed by atoms with Gasteiger partial charge in [0, 0.05) is 16.0 Å². The predicted molar refractivity (Wildman–Crippen MR) is 75.2 cm³/mol. The van der Waals surface area contributed by atoms with Crippen LogP contribution in [0.3, 0.4) is 0 Å². The molecule has 1 aliphatic rings. The van der Waals surface area contributed by atoms with Gasteiger partial charge in [0.1, 0.15) is 0 Å². The van der Waals surface area contributed by atoms with E-state index >= 15 is 0 Å². The molecule has 0 amide bonds. The zero-order valence-electron chi connectivity index (χ0n) is 10.8. The lowest BCUT2D eigenvalue weighted by Gasteiger charge is -2.36. The minimum atomic E-state index is -0.159. The maximum atomic E-state index is 12.8. The van der Waals surface area contributed by atoms with E-state index < -0.39 is 0 Å². The fraction of sp³-hybridized carbons (Fsp3) is 0.533. The molecule has 0 aromatic heterocycles. The third-order valence-corrected chi connectivity index (χ3v) is 4.13. The topological polar surface area (TPSA) is 29.1 Å². The number of ketones is 1. The standard InChI is InChI=1S/C15H20ClNO/c1-2-7-15(8-10-17-11-9-15)14(18)12-3-5-13(16)6-4-12/h3-6,17H,2,7-11H2,1H3. The molecule has 1 aliphatic heterocycles. The average Bonchev–Trinajstić information content (AvgIpc) is 2.40. The first-order chi connectivity index (χ1) is 8.68. The van der Waals surface area contributed by atoms with Gasteiger partial charge in [0.2, 0.25) is 0 Å². The molecule has 0 unspecified atom stereocenters. The molecular weight excluding hydrogens is 246 g/mol. The smallest absolute Gasteiger partial charge is 0.169 e. The van der Waals surface area contributed by atoms with E-state index in [1.54, 1.807) is 12.1 Å². The van der Waals surface area contributed by atoms with Crippen molar-refractivity contribution in [2.24, 2.45) is 5.41 Å². The Bertz CT molecular complexity index is 401. The van der Waals surface area contributed by atoms with Gasteiger partial charge < -0.3 is 5.32 Å². The van der Waals surface area contributed by atoms with Crippen molar-refractivity contribution >= 4 is 17.4 Å². The van der Waals surface area contributed by atoms with E-state index in [4.69, 9.17) is 11.6 Å². The van der Waals surface area contributed by atoms with Gasteiger partial charge >= 0.3 is 0 Å². The Hall–Kier alpha value is -0.860. The molecule has 1 saturated heterocycles. The van der Waals surface area contributed by atoms with Crippen molar-refractivity contribution in [1.82, 2.24) is 5.32 Å². The summed E-state index contributed by atoms with van der Waals surface area (Å²) in [5.74, 6) is 0.294. The number of carbonyl (C=O) groups is 1. The molecule has 1 heterocycles. The van der Waals surface area contributed by atoms with Crippen molar-refractivity contribution in [2.45, 2.75) is 32.6 Å². The fourth-order valence-electron chi connectivity index (χ4n) is 2.88. The summed E-state index contributed by atoms with van der Waals surface area (Å²) in [7, 11) is 0. The van der Waals surface area contributed by atoms with Crippen LogP contribution in [0, 0.1) is 5.41 Å². The minimum absolute atomic E-state index is 0.159. The first-order valence-corrected chi connectivity index (χ1v) is 7.07. The summed E-state index contributed by atoms with van der Waals surface area (Å²) in [6.07, 6.45) is 3.93. The third kappa shape index (κ3) is 2.76. The molecule has 18 heavy (non-hydrogen) atoms. The van der Waals surface area contributed by atoms with Crippen molar-refractivity contribution in [1.29, 1.82) is 0 Å². The second-order valence-corrected chi connectivity index (χ2v) is 5.55. The maximum Gasteiger partial charge on any atom is 0.169 e. The molecule has 0 saturated carbocycles. The van der Waals surface area contributed by atoms with E-state index in [2.05, 4.69) is 12.2 Å². The number of piperidine rings is 1. The SMILES string of the molecule is CCCC1(C(=O)c2ccc(Cl)cc2)CCNCC1. The van der Waals surface area contributed by atoms with Crippen LogP contribution in [0.15, 0.2) is 24.3 Å². The first kappa shape index (κ1) is 13.6. The van der Waals surface area contributed by atoms with Crippen LogP contribution in [0.4, 0.5) is 0 Å². The number of benzene rings is 1. The Morgan fingerprint density at radius 3 is 2.44 bits per heavy atom. The van der Waals surface area contributed by atoms with Crippen LogP contribution in [0.1, 0.15) is 43.0 Å². The van der Waals surface area contributed by atoms with Gasteiger partial charge in [-0.05, 0) is 56.6 Å². The van der Waals surface area contributed by atoms with E-state index in [0.717, 1.165) is 44.3 Å². The highest BCUT2D eigenvalue weighted by atomic mass is 35.5. The number of hydrogen-bond donors (Lipinski definition) is 1. The highest BCUT2D eigenvalue weighted by Gasteiger charge is 2.38. The molecule has 0 radical (unpaired) electrons. The van der Waals surface area contributed by atoms with Gasteiger partial charge in [0.25, 0.3) is 0 Å². The van der Waals surface area contributed by atoms with Gasteiger partial charge in [-0.1, -0.05) is 24.9 Å². The summed E-state index contributed by atoms with van der Waals surface area (Å²) in [6.45, 7) is 4.04. The number of Topliss-reactive ketones (excluding diaryl/α,β-unsaturated/α-hetero) is 1. The summed E-state index contributed by atoms with van der Waals surface area (Å²) in [5, 5.41) is 4.02. The summed E-state index contributed by atoms with van der Waals surface area (Å²) in [5.41, 5.74) is 0.642. The molecule has 98 valence electrons. The summed E-state index contributed by atoms with van der Waals surface area (Å²) in [6, 6.07) is 7.30. The van der Waals surface area contributed by atoms with Crippen LogP contribution in [0.2, 0.25) is 5.02 Å². The molecule has 2 nitrogen and oxygen atoms in total. The fourth-order valence-corrected chi connectivity index (χ4v) is 3.01. The maximum absolute atomic E-state index is 12.8. The summed E-state index contributed by atoms with van der Waals surface area (Å²) in [4.78, 5) is 12.8. The predicted octanol–water partition coefficient (Wildman–Crippen LogP) is 3.69. The van der Waals surface area contributed by atoms with Crippen LogP contribution in [0.25, 0.3) is 0 Å². The lowest BCUT2D eigenvalue weighted by Crippen LogP contribution is -2.42. The molecule has 1 aromatic carbocycles. The van der Waals surface area contributed by atoms with Crippen LogP contribution < -0.4 is 5.32 Å². The Balaban J connectivity index is 2.24. The van der Waals surface area contributed by atoms with Crippen molar-refractivity contribution in [3.63, 3.8) is 0 Å². The Morgan fingerprint density at radius 1 is 1.28 bits per heavy atom. The second-order valence-electron chi connectivity index (χ2n) is 5.12. The van der Waals surface area contributed by atoms with Gasteiger partial charge in [-0.3, -0.25) is 4.79 Å². The largest absolute Gasteiger partial charge is 0.317 e. The van der Waals surface area contributed by atoms with Crippen molar-refractivity contribution in [2.75, 3.05) is 13.1 Å². The van der Waals surface area contributed by atoms with E-state index in [-0.39, 0.29) is 5.41 Å². The zero-order chi connectivity index (χ0) is 13.0. The van der Waals surface area contributed by atoms with E-state index in [1.807, 2.05) is 12.1 Å². The molecular formula is C15H20ClNO. The number of rotatable bonds is 4. The Morgan fingerprint density at radius 2 is 1.89 bits per heavy atom. The number of carbonyl (C=O) groups excluding carboxylic acids is 1. The van der Waals surface area contributed by atoms with Crippen molar-refractivity contribution in [3.05, 3.63) is 34.9 Å². The van der Waals surface area contributed by atoms with E-state index in [1.165, 1.54) is 0 Å². The van der Waals surface area contributed by atoms with Gasteiger partial charge in [0.15, 0.2) is 5.78 Å². The lowest BCUT2D eigenvalue weighted by molar-refractivity contribution is 0.0704. The van der Waals surface area contributed by atoms with E-state index in [0.29, 0.717) is 10.8 Å². The molecule has 1 aromatic rings. The van der Waals surface area contributed by atoms with Crippen molar-refractivity contribution in [3.8, 4) is 0 Å². The van der Waals surface area contributed by atoms with Crippen molar-refractivity contribution < 1.29 is 4.79 Å². The lowest BCUT2D eigenvalue weighted by atomic mass is 9.70. The van der Waals surface area contributed by atoms with Crippen LogP contribution in [0.5, 0.6) is 0 Å². The molecule has 0 atom stereocenters. The molecule has 2 rings (SSSR count). The van der Waals surface area contributed by atoms with Gasteiger partial charge in [-0.15, -0.1) is 0 Å². The molecule has 0 bridgehead atoms. The monoisotopic (exact) mass is 265 g/mol. The van der Waals surface area contributed by atoms with Crippen LogP contribution >= 0.6 is 11.6 Å². The molecule has 3 heteroatoms. The summed E-state index contributed by atoms with van der Waals surface area (Å²) < 4.78 is 0. The zero-order valence-corrected chi connectivity index (χ0v) is 11.6. The van der Waals surface area contributed by atoms with E-state index in [9.17, 15) is 4.79 Å². The van der Waals surface area contributed by atoms with Crippen LogP contribution in [-0.4, -0.2) is 18.9 Å². The number of halogens is 1. The molecule has 1 N–H and O–H groups in total. The minimum Gasteiger partial charge on any atom is -0.317 e. The quantitative estimate of drug-likeness (QED) is 0.842.